The molecule has 0 aliphatic heterocycles. The molecule has 0 radical (unpaired) electrons. The Morgan fingerprint density at radius 1 is 1.00 bits per heavy atom. The Hall–Kier alpha value is -2.33. The Labute approximate surface area is 121 Å². The Balaban J connectivity index is 1.64. The number of nitrogens with one attached hydrogen (secondary N) is 2. The predicted octanol–water partition coefficient (Wildman–Crippen LogP) is 4.22. The van der Waals surface area contributed by atoms with Gasteiger partial charge in [0.2, 0.25) is 0 Å². The fourth-order valence-corrected chi connectivity index (χ4v) is 2.91. The number of anilines is 1. The third-order valence-corrected chi connectivity index (χ3v) is 3.99. The first kappa shape index (κ1) is 12.7. The highest BCUT2D eigenvalue weighted by atomic mass is 32.1. The lowest BCUT2D eigenvalue weighted by Crippen LogP contribution is -2.27. The molecule has 0 aliphatic rings. The van der Waals surface area contributed by atoms with E-state index in [1.165, 1.54) is 4.70 Å². The first-order valence-corrected chi connectivity index (χ1v) is 7.26. The van der Waals surface area contributed by atoms with E-state index in [0.717, 1.165) is 16.6 Å². The smallest absolute Gasteiger partial charge is 0.319 e. The number of benzene rings is 2. The minimum Gasteiger partial charge on any atom is -0.334 e. The largest absolute Gasteiger partial charge is 0.334 e. The van der Waals surface area contributed by atoms with E-state index in [0.29, 0.717) is 6.54 Å². The summed E-state index contributed by atoms with van der Waals surface area (Å²) in [6, 6.07) is 17.7. The number of thiophene rings is 1. The van der Waals surface area contributed by atoms with Gasteiger partial charge in [0, 0.05) is 22.0 Å². The van der Waals surface area contributed by atoms with E-state index in [1.807, 2.05) is 60.0 Å². The number of fused-ring (bicyclic) bond motifs is 1. The van der Waals surface area contributed by atoms with Crippen molar-refractivity contribution >= 4 is 33.1 Å². The van der Waals surface area contributed by atoms with E-state index in [-0.39, 0.29) is 6.03 Å². The first-order chi connectivity index (χ1) is 9.83. The van der Waals surface area contributed by atoms with Gasteiger partial charge >= 0.3 is 6.03 Å². The molecule has 0 unspecified atom stereocenters. The predicted molar refractivity (Wildman–Crippen MR) is 84.1 cm³/mol. The lowest BCUT2D eigenvalue weighted by molar-refractivity contribution is 0.252. The van der Waals surface area contributed by atoms with Gasteiger partial charge in [-0.2, -0.15) is 0 Å². The Morgan fingerprint density at radius 2 is 1.75 bits per heavy atom. The molecular weight excluding hydrogens is 268 g/mol. The van der Waals surface area contributed by atoms with Crippen molar-refractivity contribution in [3.05, 3.63) is 65.5 Å². The molecule has 0 saturated carbocycles. The summed E-state index contributed by atoms with van der Waals surface area (Å²) in [4.78, 5) is 11.9. The molecule has 1 heterocycles. The van der Waals surface area contributed by atoms with E-state index in [4.69, 9.17) is 0 Å². The second kappa shape index (κ2) is 5.75. The second-order valence-corrected chi connectivity index (χ2v) is 5.35. The maximum atomic E-state index is 11.9. The molecule has 3 nitrogen and oxygen atoms in total. The van der Waals surface area contributed by atoms with Crippen molar-refractivity contribution in [1.29, 1.82) is 0 Å². The van der Waals surface area contributed by atoms with Crippen molar-refractivity contribution in [2.75, 3.05) is 5.32 Å². The van der Waals surface area contributed by atoms with Crippen LogP contribution in [0.15, 0.2) is 60.0 Å². The third kappa shape index (κ3) is 2.81. The van der Waals surface area contributed by atoms with Crippen LogP contribution in [0.4, 0.5) is 10.5 Å². The molecular formula is C16H14N2OS. The summed E-state index contributed by atoms with van der Waals surface area (Å²) in [5.74, 6) is 0. The lowest BCUT2D eigenvalue weighted by atomic mass is 10.2. The zero-order chi connectivity index (χ0) is 13.8. The number of hydrogen-bond acceptors (Lipinski definition) is 2. The van der Waals surface area contributed by atoms with Crippen molar-refractivity contribution in [3.8, 4) is 0 Å². The van der Waals surface area contributed by atoms with Gasteiger partial charge in [-0.1, -0.05) is 48.5 Å². The molecule has 3 aromatic rings. The van der Waals surface area contributed by atoms with Crippen LogP contribution in [-0.4, -0.2) is 6.03 Å². The van der Waals surface area contributed by atoms with Crippen LogP contribution >= 0.6 is 11.3 Å². The number of hydrogen-bond donors (Lipinski definition) is 2. The molecule has 0 atom stereocenters. The van der Waals surface area contributed by atoms with Gasteiger partial charge in [-0.05, 0) is 11.6 Å². The fourth-order valence-electron chi connectivity index (χ4n) is 2.02. The Kier molecular flexibility index (Phi) is 3.65. The van der Waals surface area contributed by atoms with Crippen LogP contribution in [0.2, 0.25) is 0 Å². The summed E-state index contributed by atoms with van der Waals surface area (Å²) in [7, 11) is 0. The van der Waals surface area contributed by atoms with Crippen molar-refractivity contribution in [3.63, 3.8) is 0 Å². The van der Waals surface area contributed by atoms with Gasteiger partial charge in [-0.25, -0.2) is 4.79 Å². The molecule has 0 aliphatic carbocycles. The van der Waals surface area contributed by atoms with Crippen LogP contribution in [0, 0.1) is 0 Å². The molecule has 0 saturated heterocycles. The van der Waals surface area contributed by atoms with E-state index in [2.05, 4.69) is 10.6 Å². The minimum absolute atomic E-state index is 0.183. The molecule has 20 heavy (non-hydrogen) atoms. The standard InChI is InChI=1S/C16H14N2OS/c19-16(17-10-12-6-2-1-3-7-12)18-14-11-20-15-9-5-4-8-13(14)15/h1-9,11H,10H2,(H2,17,18,19). The monoisotopic (exact) mass is 282 g/mol. The average molecular weight is 282 g/mol. The van der Waals surface area contributed by atoms with E-state index in [1.54, 1.807) is 11.3 Å². The molecule has 100 valence electrons. The fraction of sp³-hybridized carbons (Fsp3) is 0.0625. The van der Waals surface area contributed by atoms with Crippen LogP contribution in [0.3, 0.4) is 0 Å². The van der Waals surface area contributed by atoms with Crippen LogP contribution in [-0.2, 0) is 6.54 Å². The summed E-state index contributed by atoms with van der Waals surface area (Å²) < 4.78 is 1.17. The quantitative estimate of drug-likeness (QED) is 0.742. The molecule has 4 heteroatoms. The highest BCUT2D eigenvalue weighted by molar-refractivity contribution is 7.17. The summed E-state index contributed by atoms with van der Waals surface area (Å²) in [6.07, 6.45) is 0. The van der Waals surface area contributed by atoms with Crippen molar-refractivity contribution in [2.45, 2.75) is 6.54 Å². The number of urea groups is 1. The number of carbonyl (C=O) groups excluding carboxylic acids is 1. The third-order valence-electron chi connectivity index (χ3n) is 3.03. The van der Waals surface area contributed by atoms with E-state index < -0.39 is 0 Å². The van der Waals surface area contributed by atoms with Gasteiger partial charge in [0.25, 0.3) is 0 Å². The normalized spacial score (nSPS) is 10.4. The van der Waals surface area contributed by atoms with Gasteiger partial charge in [0.1, 0.15) is 0 Å². The van der Waals surface area contributed by atoms with Gasteiger partial charge in [0.05, 0.1) is 5.69 Å². The molecule has 2 amide bonds. The molecule has 2 N–H and O–H groups in total. The van der Waals surface area contributed by atoms with Gasteiger partial charge < -0.3 is 10.6 Å². The first-order valence-electron chi connectivity index (χ1n) is 6.38. The highest BCUT2D eigenvalue weighted by Crippen LogP contribution is 2.29. The molecule has 1 aromatic heterocycles. The summed E-state index contributed by atoms with van der Waals surface area (Å²) in [5.41, 5.74) is 1.94. The van der Waals surface area contributed by atoms with Crippen LogP contribution < -0.4 is 10.6 Å². The highest BCUT2D eigenvalue weighted by Gasteiger charge is 2.06. The minimum atomic E-state index is -0.183. The lowest BCUT2D eigenvalue weighted by Gasteiger charge is -2.06. The molecule has 0 spiro atoms. The van der Waals surface area contributed by atoms with Gasteiger partial charge in [-0.3, -0.25) is 0 Å². The maximum absolute atomic E-state index is 11.9. The Bertz CT molecular complexity index is 721. The topological polar surface area (TPSA) is 41.1 Å². The molecule has 3 rings (SSSR count). The second-order valence-electron chi connectivity index (χ2n) is 4.44. The number of rotatable bonds is 3. The van der Waals surface area contributed by atoms with E-state index >= 15 is 0 Å². The zero-order valence-corrected chi connectivity index (χ0v) is 11.6. The van der Waals surface area contributed by atoms with Crippen LogP contribution in [0.5, 0.6) is 0 Å². The van der Waals surface area contributed by atoms with E-state index in [9.17, 15) is 4.79 Å². The number of amides is 2. The zero-order valence-electron chi connectivity index (χ0n) is 10.8. The van der Waals surface area contributed by atoms with Crippen molar-refractivity contribution in [1.82, 2.24) is 5.32 Å². The van der Waals surface area contributed by atoms with Crippen molar-refractivity contribution in [2.24, 2.45) is 0 Å². The van der Waals surface area contributed by atoms with Crippen LogP contribution in [0.1, 0.15) is 5.56 Å². The SMILES string of the molecule is O=C(NCc1ccccc1)Nc1csc2ccccc12. The molecule has 0 bridgehead atoms. The summed E-state index contributed by atoms with van der Waals surface area (Å²) in [5, 5.41) is 8.79. The molecule has 0 fully saturated rings. The summed E-state index contributed by atoms with van der Waals surface area (Å²) >= 11 is 1.63. The number of carbonyl (C=O) groups is 1. The van der Waals surface area contributed by atoms with Crippen LogP contribution in [0.25, 0.3) is 10.1 Å². The van der Waals surface area contributed by atoms with Gasteiger partial charge in [0.15, 0.2) is 0 Å². The van der Waals surface area contributed by atoms with Crippen molar-refractivity contribution < 1.29 is 4.79 Å². The Morgan fingerprint density at radius 3 is 2.60 bits per heavy atom. The molecule has 2 aromatic carbocycles. The average Bonchev–Trinajstić information content (AvgIpc) is 2.90. The maximum Gasteiger partial charge on any atom is 0.319 e. The summed E-state index contributed by atoms with van der Waals surface area (Å²) in [6.45, 7) is 0.523. The van der Waals surface area contributed by atoms with Gasteiger partial charge in [-0.15, -0.1) is 11.3 Å².